The number of nitrogens with zero attached hydrogens (tertiary/aromatic N) is 1. The molecular formula is C8H7F6N3O. The van der Waals surface area contributed by atoms with Crippen LogP contribution in [-0.2, 0) is 12.7 Å². The van der Waals surface area contributed by atoms with E-state index in [0.717, 1.165) is 0 Å². The largest absolute Gasteiger partial charge is 0.573 e. The average molecular weight is 275 g/mol. The molecule has 10 heteroatoms. The Morgan fingerprint density at radius 3 is 2.11 bits per heavy atom. The summed E-state index contributed by atoms with van der Waals surface area (Å²) in [7, 11) is 0. The lowest BCUT2D eigenvalue weighted by Crippen LogP contribution is -2.22. The van der Waals surface area contributed by atoms with E-state index in [1.807, 2.05) is 0 Å². The van der Waals surface area contributed by atoms with Crippen molar-refractivity contribution >= 4 is 5.82 Å². The zero-order valence-corrected chi connectivity index (χ0v) is 8.56. The highest BCUT2D eigenvalue weighted by Crippen LogP contribution is 2.38. The summed E-state index contributed by atoms with van der Waals surface area (Å²) in [6.45, 7) is -0.370. The normalized spacial score (nSPS) is 12.6. The highest BCUT2D eigenvalue weighted by atomic mass is 19.4. The predicted molar refractivity (Wildman–Crippen MR) is 48.2 cm³/mol. The molecule has 0 aromatic carbocycles. The van der Waals surface area contributed by atoms with Crippen LogP contribution in [0.1, 0.15) is 11.3 Å². The Morgan fingerprint density at radius 2 is 1.72 bits per heavy atom. The van der Waals surface area contributed by atoms with Gasteiger partial charge in [-0.05, 0) is 6.07 Å². The van der Waals surface area contributed by atoms with Crippen molar-refractivity contribution < 1.29 is 31.1 Å². The summed E-state index contributed by atoms with van der Waals surface area (Å²) >= 11 is 0. The summed E-state index contributed by atoms with van der Waals surface area (Å²) in [5.41, 5.74) is 8.21. The number of pyridine rings is 1. The number of alkyl halides is 6. The van der Waals surface area contributed by atoms with Crippen LogP contribution in [0.4, 0.5) is 32.2 Å². The van der Waals surface area contributed by atoms with Gasteiger partial charge in [-0.1, -0.05) is 0 Å². The van der Waals surface area contributed by atoms with Crippen LogP contribution < -0.4 is 16.2 Å². The fraction of sp³-hybridized carbons (Fsp3) is 0.375. The van der Waals surface area contributed by atoms with E-state index in [1.54, 1.807) is 0 Å². The van der Waals surface area contributed by atoms with Crippen molar-refractivity contribution in [2.75, 3.05) is 5.73 Å². The Hall–Kier alpha value is -1.71. The lowest BCUT2D eigenvalue weighted by atomic mass is 10.2. The molecule has 18 heavy (non-hydrogen) atoms. The maximum Gasteiger partial charge on any atom is 0.573 e. The van der Waals surface area contributed by atoms with Gasteiger partial charge in [0, 0.05) is 12.1 Å². The summed E-state index contributed by atoms with van der Waals surface area (Å²) in [6.07, 6.45) is -10.4. The van der Waals surface area contributed by atoms with Crippen LogP contribution >= 0.6 is 0 Å². The third kappa shape index (κ3) is 3.39. The van der Waals surface area contributed by atoms with E-state index >= 15 is 0 Å². The first kappa shape index (κ1) is 14.4. The average Bonchev–Trinajstić information content (AvgIpc) is 2.16. The fourth-order valence-electron chi connectivity index (χ4n) is 1.12. The van der Waals surface area contributed by atoms with Gasteiger partial charge in [0.1, 0.15) is 5.82 Å². The number of hydrogen-bond acceptors (Lipinski definition) is 4. The molecule has 0 bridgehead atoms. The molecule has 0 unspecified atom stereocenters. The molecule has 0 aliphatic rings. The summed E-state index contributed by atoms with van der Waals surface area (Å²) in [4.78, 5) is 2.85. The number of nitrogens with two attached hydrogens (primary N) is 2. The minimum absolute atomic E-state index is 0.178. The molecule has 0 aliphatic carbocycles. The second-order valence-corrected chi connectivity index (χ2v) is 3.13. The molecule has 1 rings (SSSR count). The molecule has 1 aromatic heterocycles. The van der Waals surface area contributed by atoms with Crippen molar-refractivity contribution in [3.63, 3.8) is 0 Å². The Kier molecular flexibility index (Phi) is 3.60. The molecule has 0 spiro atoms. The van der Waals surface area contributed by atoms with Crippen LogP contribution in [0.5, 0.6) is 5.75 Å². The molecule has 0 atom stereocenters. The van der Waals surface area contributed by atoms with Gasteiger partial charge in [-0.3, -0.25) is 0 Å². The molecule has 0 aliphatic heterocycles. The molecule has 102 valence electrons. The van der Waals surface area contributed by atoms with Gasteiger partial charge in [-0.15, -0.1) is 13.2 Å². The van der Waals surface area contributed by atoms with Crippen molar-refractivity contribution in [3.8, 4) is 5.75 Å². The fourth-order valence-corrected chi connectivity index (χ4v) is 1.12. The van der Waals surface area contributed by atoms with Gasteiger partial charge in [0.25, 0.3) is 0 Å². The Morgan fingerprint density at radius 1 is 1.17 bits per heavy atom. The quantitative estimate of drug-likeness (QED) is 0.810. The van der Waals surface area contributed by atoms with Crippen LogP contribution in [0.15, 0.2) is 6.07 Å². The first-order valence-electron chi connectivity index (χ1n) is 4.37. The van der Waals surface area contributed by atoms with Gasteiger partial charge in [-0.2, -0.15) is 13.2 Å². The zero-order chi connectivity index (χ0) is 14.1. The van der Waals surface area contributed by atoms with Crippen LogP contribution in [0, 0.1) is 0 Å². The van der Waals surface area contributed by atoms with E-state index in [0.29, 0.717) is 6.07 Å². The van der Waals surface area contributed by atoms with Gasteiger partial charge >= 0.3 is 12.5 Å². The first-order valence-corrected chi connectivity index (χ1v) is 4.37. The summed E-state index contributed by atoms with van der Waals surface area (Å²) in [5, 5.41) is 0. The number of aromatic nitrogens is 1. The summed E-state index contributed by atoms with van der Waals surface area (Å²) in [5.74, 6) is -2.08. The van der Waals surface area contributed by atoms with Gasteiger partial charge in [-0.25, -0.2) is 4.98 Å². The van der Waals surface area contributed by atoms with Crippen LogP contribution in [-0.4, -0.2) is 11.3 Å². The van der Waals surface area contributed by atoms with Crippen molar-refractivity contribution in [3.05, 3.63) is 17.3 Å². The maximum atomic E-state index is 12.4. The Bertz CT molecular complexity index is 442. The van der Waals surface area contributed by atoms with Gasteiger partial charge in [0.2, 0.25) is 0 Å². The van der Waals surface area contributed by atoms with Gasteiger partial charge < -0.3 is 16.2 Å². The molecule has 1 heterocycles. The van der Waals surface area contributed by atoms with Crippen molar-refractivity contribution in [1.82, 2.24) is 4.98 Å². The lowest BCUT2D eigenvalue weighted by molar-refractivity contribution is -0.276. The van der Waals surface area contributed by atoms with Crippen molar-refractivity contribution in [2.45, 2.75) is 19.1 Å². The smallest absolute Gasteiger partial charge is 0.403 e. The molecular weight excluding hydrogens is 268 g/mol. The Labute approximate surface area is 96.5 Å². The summed E-state index contributed by atoms with van der Waals surface area (Å²) < 4.78 is 76.5. The molecule has 0 saturated heterocycles. The molecule has 0 amide bonds. The van der Waals surface area contributed by atoms with Gasteiger partial charge in [0.05, 0.1) is 0 Å². The molecule has 4 N–H and O–H groups in total. The number of halogens is 6. The SMILES string of the molecule is NCc1cc(OC(F)(F)F)c(C(F)(F)F)nc1N. The lowest BCUT2D eigenvalue weighted by Gasteiger charge is -2.16. The molecule has 0 fully saturated rings. The van der Waals surface area contributed by atoms with Crippen molar-refractivity contribution in [2.24, 2.45) is 5.73 Å². The monoisotopic (exact) mass is 275 g/mol. The predicted octanol–water partition coefficient (Wildman–Crippen LogP) is 2.04. The molecule has 0 radical (unpaired) electrons. The zero-order valence-electron chi connectivity index (χ0n) is 8.56. The number of hydrogen-bond donors (Lipinski definition) is 2. The third-order valence-electron chi connectivity index (χ3n) is 1.81. The Balaban J connectivity index is 3.35. The van der Waals surface area contributed by atoms with Crippen LogP contribution in [0.25, 0.3) is 0 Å². The molecule has 4 nitrogen and oxygen atoms in total. The van der Waals surface area contributed by atoms with E-state index in [2.05, 4.69) is 9.72 Å². The summed E-state index contributed by atoms with van der Waals surface area (Å²) in [6, 6.07) is 0.471. The minimum atomic E-state index is -5.27. The van der Waals surface area contributed by atoms with E-state index in [-0.39, 0.29) is 12.1 Å². The highest BCUT2D eigenvalue weighted by Gasteiger charge is 2.41. The van der Waals surface area contributed by atoms with Crippen LogP contribution in [0.3, 0.4) is 0 Å². The maximum absolute atomic E-state index is 12.4. The number of rotatable bonds is 2. The van der Waals surface area contributed by atoms with Crippen LogP contribution in [0.2, 0.25) is 0 Å². The van der Waals surface area contributed by atoms with E-state index in [4.69, 9.17) is 11.5 Å². The second-order valence-electron chi connectivity index (χ2n) is 3.13. The van der Waals surface area contributed by atoms with Crippen molar-refractivity contribution in [1.29, 1.82) is 0 Å². The number of nitrogen functional groups attached to an aromatic ring is 1. The topological polar surface area (TPSA) is 74.2 Å². The highest BCUT2D eigenvalue weighted by molar-refractivity contribution is 5.47. The van der Waals surface area contributed by atoms with E-state index < -0.39 is 29.8 Å². The first-order chi connectivity index (χ1) is 8.04. The standard InChI is InChI=1S/C8H7F6N3O/c9-7(10,11)5-4(18-8(12,13)14)1-3(2-15)6(16)17-5/h1H,2,15H2,(H2,16,17). The molecule has 1 aromatic rings. The molecule has 0 saturated carbocycles. The minimum Gasteiger partial charge on any atom is -0.403 e. The van der Waals surface area contributed by atoms with E-state index in [1.165, 1.54) is 0 Å². The third-order valence-corrected chi connectivity index (χ3v) is 1.81. The van der Waals surface area contributed by atoms with Gasteiger partial charge in [0.15, 0.2) is 11.4 Å². The number of ether oxygens (including phenoxy) is 1. The van der Waals surface area contributed by atoms with E-state index in [9.17, 15) is 26.3 Å². The second kappa shape index (κ2) is 4.52. The number of anilines is 1.